The van der Waals surface area contributed by atoms with E-state index < -0.39 is 5.97 Å². The number of aromatic nitrogens is 1. The van der Waals surface area contributed by atoms with Crippen molar-refractivity contribution < 1.29 is 28.6 Å². The zero-order valence-electron chi connectivity index (χ0n) is 15.9. The molecule has 2 amide bonds. The number of thioether (sulfide) groups is 1. The Bertz CT molecular complexity index is 979. The van der Waals surface area contributed by atoms with Gasteiger partial charge in [0.25, 0.3) is 5.91 Å². The van der Waals surface area contributed by atoms with E-state index in [9.17, 15) is 14.4 Å². The number of anilines is 1. The first-order valence-electron chi connectivity index (χ1n) is 9.32. The third-order valence-electron chi connectivity index (χ3n) is 4.26. The smallest absolute Gasteiger partial charge is 0.341 e. The van der Waals surface area contributed by atoms with Crippen molar-refractivity contribution in [3.8, 4) is 11.5 Å². The fourth-order valence-corrected chi connectivity index (χ4v) is 3.45. The number of esters is 1. The summed E-state index contributed by atoms with van der Waals surface area (Å²) in [6.45, 7) is -0.192. The zero-order valence-corrected chi connectivity index (χ0v) is 16.7. The summed E-state index contributed by atoms with van der Waals surface area (Å²) in [5, 5.41) is 5.86. The molecule has 1 aliphatic carbocycles. The standard InChI is InChI=1S/C20H19N3O6S/c24-17(22-12-3-4-12)9-27-20(26)14-2-1-7-21-19(14)30-10-18(25)23-13-5-6-15-16(8-13)29-11-28-15/h1-2,5-8,12H,3-4,9-11H2,(H,22,24)(H,23,25). The third kappa shape index (κ3) is 5.20. The van der Waals surface area contributed by atoms with E-state index in [0.717, 1.165) is 24.6 Å². The Morgan fingerprint density at radius 2 is 1.97 bits per heavy atom. The van der Waals surface area contributed by atoms with Crippen LogP contribution in [0.3, 0.4) is 0 Å². The van der Waals surface area contributed by atoms with E-state index in [1.165, 1.54) is 6.20 Å². The SMILES string of the molecule is O=C(CSc1ncccc1C(=O)OCC(=O)NC1CC1)Nc1ccc2c(c1)OCO2. The molecule has 1 saturated carbocycles. The molecule has 0 unspecified atom stereocenters. The Hall–Kier alpha value is -3.27. The highest BCUT2D eigenvalue weighted by atomic mass is 32.2. The number of nitrogens with zero attached hydrogens (tertiary/aromatic N) is 1. The van der Waals surface area contributed by atoms with Crippen molar-refractivity contribution in [3.05, 3.63) is 42.1 Å². The van der Waals surface area contributed by atoms with E-state index in [2.05, 4.69) is 15.6 Å². The molecular formula is C20H19N3O6S. The molecule has 9 nitrogen and oxygen atoms in total. The van der Waals surface area contributed by atoms with Crippen LogP contribution in [0, 0.1) is 0 Å². The van der Waals surface area contributed by atoms with Gasteiger partial charge in [0, 0.05) is 24.0 Å². The second-order valence-corrected chi connectivity index (χ2v) is 7.64. The van der Waals surface area contributed by atoms with E-state index in [1.807, 2.05) is 0 Å². The minimum atomic E-state index is -0.660. The fourth-order valence-electron chi connectivity index (χ4n) is 2.67. The Balaban J connectivity index is 1.30. The molecule has 2 aliphatic rings. The van der Waals surface area contributed by atoms with Gasteiger partial charge in [-0.2, -0.15) is 0 Å². The van der Waals surface area contributed by atoms with Gasteiger partial charge in [0.15, 0.2) is 18.1 Å². The highest BCUT2D eigenvalue weighted by molar-refractivity contribution is 8.00. The maximum absolute atomic E-state index is 12.3. The molecule has 1 fully saturated rings. The molecule has 0 atom stereocenters. The van der Waals surface area contributed by atoms with Crippen LogP contribution in [0.25, 0.3) is 0 Å². The average molecular weight is 429 g/mol. The van der Waals surface area contributed by atoms with Gasteiger partial charge in [-0.1, -0.05) is 11.8 Å². The molecule has 10 heteroatoms. The van der Waals surface area contributed by atoms with Crippen molar-refractivity contribution in [1.82, 2.24) is 10.3 Å². The van der Waals surface area contributed by atoms with Crippen LogP contribution in [0.15, 0.2) is 41.6 Å². The summed E-state index contributed by atoms with van der Waals surface area (Å²) in [6, 6.07) is 8.46. The van der Waals surface area contributed by atoms with Gasteiger partial charge in [-0.3, -0.25) is 9.59 Å². The number of hydrogen-bond donors (Lipinski definition) is 2. The van der Waals surface area contributed by atoms with Crippen LogP contribution in [0.1, 0.15) is 23.2 Å². The van der Waals surface area contributed by atoms with Gasteiger partial charge in [0.2, 0.25) is 12.7 Å². The number of pyridine rings is 1. The van der Waals surface area contributed by atoms with E-state index >= 15 is 0 Å². The van der Waals surface area contributed by atoms with Crippen molar-refractivity contribution in [2.45, 2.75) is 23.9 Å². The Labute approximate surface area is 176 Å². The van der Waals surface area contributed by atoms with Crippen LogP contribution in [0.4, 0.5) is 5.69 Å². The summed E-state index contributed by atoms with van der Waals surface area (Å²) >= 11 is 1.10. The van der Waals surface area contributed by atoms with Gasteiger partial charge in [-0.15, -0.1) is 0 Å². The molecule has 1 aliphatic heterocycles. The second-order valence-electron chi connectivity index (χ2n) is 6.68. The zero-order chi connectivity index (χ0) is 20.9. The van der Waals surface area contributed by atoms with Gasteiger partial charge in [0.1, 0.15) is 5.03 Å². The van der Waals surface area contributed by atoms with E-state index in [-0.39, 0.29) is 42.6 Å². The monoisotopic (exact) mass is 429 g/mol. The highest BCUT2D eigenvalue weighted by Crippen LogP contribution is 2.34. The quantitative estimate of drug-likeness (QED) is 0.483. The van der Waals surface area contributed by atoms with Gasteiger partial charge in [0.05, 0.1) is 11.3 Å². The summed E-state index contributed by atoms with van der Waals surface area (Å²) in [6.07, 6.45) is 3.43. The van der Waals surface area contributed by atoms with Gasteiger partial charge >= 0.3 is 5.97 Å². The lowest BCUT2D eigenvalue weighted by molar-refractivity contribution is -0.124. The maximum Gasteiger partial charge on any atom is 0.341 e. The molecule has 0 saturated heterocycles. The first kappa shape index (κ1) is 20.0. The number of nitrogens with one attached hydrogen (secondary N) is 2. The summed E-state index contributed by atoms with van der Waals surface area (Å²) < 4.78 is 15.6. The molecule has 156 valence electrons. The van der Waals surface area contributed by atoms with Gasteiger partial charge in [-0.25, -0.2) is 9.78 Å². The summed E-state index contributed by atoms with van der Waals surface area (Å²) in [4.78, 5) is 40.5. The number of benzene rings is 1. The molecule has 1 aromatic carbocycles. The lowest BCUT2D eigenvalue weighted by Crippen LogP contribution is -2.30. The van der Waals surface area contributed by atoms with E-state index in [4.69, 9.17) is 14.2 Å². The molecule has 0 spiro atoms. The van der Waals surface area contributed by atoms with Crippen LogP contribution in [0.2, 0.25) is 0 Å². The molecule has 2 aromatic rings. The Morgan fingerprint density at radius 1 is 1.13 bits per heavy atom. The summed E-state index contributed by atoms with van der Waals surface area (Å²) in [5.41, 5.74) is 0.782. The first-order valence-corrected chi connectivity index (χ1v) is 10.3. The third-order valence-corrected chi connectivity index (χ3v) is 5.27. The summed E-state index contributed by atoms with van der Waals surface area (Å²) in [7, 11) is 0. The minimum Gasteiger partial charge on any atom is -0.454 e. The normalized spacial score (nSPS) is 14.1. The highest BCUT2D eigenvalue weighted by Gasteiger charge is 2.24. The predicted molar refractivity (Wildman–Crippen MR) is 108 cm³/mol. The predicted octanol–water partition coefficient (Wildman–Crippen LogP) is 1.98. The molecule has 2 heterocycles. The average Bonchev–Trinajstić information content (AvgIpc) is 3.43. The number of carbonyl (C=O) groups is 3. The molecule has 30 heavy (non-hydrogen) atoms. The van der Waals surface area contributed by atoms with Crippen molar-refractivity contribution in [1.29, 1.82) is 0 Å². The van der Waals surface area contributed by atoms with Crippen LogP contribution in [0.5, 0.6) is 11.5 Å². The topological polar surface area (TPSA) is 116 Å². The number of ether oxygens (including phenoxy) is 3. The number of carbonyl (C=O) groups excluding carboxylic acids is 3. The maximum atomic E-state index is 12.3. The second kappa shape index (κ2) is 9.04. The molecule has 0 radical (unpaired) electrons. The van der Waals surface area contributed by atoms with Crippen LogP contribution >= 0.6 is 11.8 Å². The van der Waals surface area contributed by atoms with Crippen LogP contribution in [-0.4, -0.2) is 48.0 Å². The largest absolute Gasteiger partial charge is 0.454 e. The van der Waals surface area contributed by atoms with Crippen LogP contribution < -0.4 is 20.1 Å². The Kier molecular flexibility index (Phi) is 6.03. The Morgan fingerprint density at radius 3 is 2.80 bits per heavy atom. The van der Waals surface area contributed by atoms with Gasteiger partial charge < -0.3 is 24.8 Å². The minimum absolute atomic E-state index is 0.0356. The lowest BCUT2D eigenvalue weighted by Gasteiger charge is -2.09. The van der Waals surface area contributed by atoms with E-state index in [0.29, 0.717) is 22.2 Å². The van der Waals surface area contributed by atoms with Crippen molar-refractivity contribution in [2.24, 2.45) is 0 Å². The molecular weight excluding hydrogens is 410 g/mol. The van der Waals surface area contributed by atoms with Crippen molar-refractivity contribution >= 4 is 35.2 Å². The number of fused-ring (bicyclic) bond motifs is 1. The lowest BCUT2D eigenvalue weighted by atomic mass is 10.3. The summed E-state index contributed by atoms with van der Waals surface area (Å²) in [5.74, 6) is -0.0216. The molecule has 4 rings (SSSR count). The van der Waals surface area contributed by atoms with Gasteiger partial charge in [-0.05, 0) is 37.1 Å². The van der Waals surface area contributed by atoms with Crippen LogP contribution in [-0.2, 0) is 14.3 Å². The van der Waals surface area contributed by atoms with E-state index in [1.54, 1.807) is 30.3 Å². The molecule has 0 bridgehead atoms. The molecule has 1 aromatic heterocycles. The number of rotatable bonds is 8. The van der Waals surface area contributed by atoms with Crippen molar-refractivity contribution in [3.63, 3.8) is 0 Å². The van der Waals surface area contributed by atoms with Crippen molar-refractivity contribution in [2.75, 3.05) is 24.5 Å². The molecule has 2 N–H and O–H groups in total. The number of amides is 2. The number of hydrogen-bond acceptors (Lipinski definition) is 8. The first-order chi connectivity index (χ1) is 14.6. The fraction of sp³-hybridized carbons (Fsp3) is 0.300.